The molecule has 1 aromatic rings. The summed E-state index contributed by atoms with van der Waals surface area (Å²) in [4.78, 5) is 2.20. The highest BCUT2D eigenvalue weighted by Crippen LogP contribution is 2.37. The molecule has 0 aliphatic heterocycles. The fraction of sp³-hybridized carbons (Fsp3) is 0.538. The van der Waals surface area contributed by atoms with Crippen LogP contribution in [0.5, 0.6) is 11.5 Å². The quantitative estimate of drug-likeness (QED) is 0.823. The van der Waals surface area contributed by atoms with E-state index < -0.39 is 0 Å². The van der Waals surface area contributed by atoms with E-state index in [2.05, 4.69) is 17.3 Å². The molecule has 0 atom stereocenters. The van der Waals surface area contributed by atoms with Crippen LogP contribution in [0.25, 0.3) is 0 Å². The predicted molar refractivity (Wildman–Crippen MR) is 74.8 cm³/mol. The van der Waals surface area contributed by atoms with Crippen molar-refractivity contribution in [3.63, 3.8) is 0 Å². The standard InChI is InChI=1S/C13H21ClN2O2/c1-15-7-8-16(2)9-10-5-6-11(17-3)13(18-4)12(10)14/h5-6,15H,7-9H2,1-4H3. The number of hydrogen-bond donors (Lipinski definition) is 1. The molecule has 0 unspecified atom stereocenters. The van der Waals surface area contributed by atoms with Gasteiger partial charge in [0.15, 0.2) is 11.5 Å². The Morgan fingerprint density at radius 2 is 2.00 bits per heavy atom. The van der Waals surface area contributed by atoms with Gasteiger partial charge in [-0.2, -0.15) is 0 Å². The Bertz CT molecular complexity index is 385. The van der Waals surface area contributed by atoms with Crippen LogP contribution in [-0.2, 0) is 6.54 Å². The Morgan fingerprint density at radius 1 is 1.28 bits per heavy atom. The Labute approximate surface area is 114 Å². The lowest BCUT2D eigenvalue weighted by Gasteiger charge is -2.19. The second-order valence-electron chi connectivity index (χ2n) is 4.12. The van der Waals surface area contributed by atoms with E-state index in [1.165, 1.54) is 0 Å². The molecule has 4 nitrogen and oxygen atoms in total. The first-order valence-electron chi connectivity index (χ1n) is 5.86. The third-order valence-corrected chi connectivity index (χ3v) is 3.16. The van der Waals surface area contributed by atoms with Crippen molar-refractivity contribution < 1.29 is 9.47 Å². The van der Waals surface area contributed by atoms with Gasteiger partial charge in [0, 0.05) is 19.6 Å². The molecule has 0 fully saturated rings. The van der Waals surface area contributed by atoms with Crippen molar-refractivity contribution in [1.29, 1.82) is 0 Å². The molecule has 1 aromatic carbocycles. The van der Waals surface area contributed by atoms with E-state index in [1.807, 2.05) is 19.2 Å². The summed E-state index contributed by atoms with van der Waals surface area (Å²) in [5, 5.41) is 3.74. The number of methoxy groups -OCH3 is 2. The van der Waals surface area contributed by atoms with E-state index in [-0.39, 0.29) is 0 Å². The van der Waals surface area contributed by atoms with Crippen LogP contribution in [0, 0.1) is 0 Å². The molecular formula is C13H21ClN2O2. The van der Waals surface area contributed by atoms with Gasteiger partial charge in [-0.15, -0.1) is 0 Å². The van der Waals surface area contributed by atoms with Crippen molar-refractivity contribution in [2.75, 3.05) is 41.4 Å². The van der Waals surface area contributed by atoms with Gasteiger partial charge < -0.3 is 19.7 Å². The highest BCUT2D eigenvalue weighted by atomic mass is 35.5. The van der Waals surface area contributed by atoms with Gasteiger partial charge >= 0.3 is 0 Å². The monoisotopic (exact) mass is 272 g/mol. The topological polar surface area (TPSA) is 33.7 Å². The maximum atomic E-state index is 6.32. The summed E-state index contributed by atoms with van der Waals surface area (Å²) in [5.74, 6) is 1.25. The van der Waals surface area contributed by atoms with Gasteiger partial charge in [-0.05, 0) is 25.7 Å². The van der Waals surface area contributed by atoms with E-state index in [0.29, 0.717) is 16.5 Å². The maximum Gasteiger partial charge on any atom is 0.179 e. The van der Waals surface area contributed by atoms with E-state index in [9.17, 15) is 0 Å². The van der Waals surface area contributed by atoms with Gasteiger partial charge in [0.1, 0.15) is 0 Å². The number of rotatable bonds is 7. The largest absolute Gasteiger partial charge is 0.493 e. The van der Waals surface area contributed by atoms with Crippen LogP contribution in [0.15, 0.2) is 12.1 Å². The van der Waals surface area contributed by atoms with Crippen LogP contribution >= 0.6 is 11.6 Å². The average Bonchev–Trinajstić information content (AvgIpc) is 2.38. The number of likely N-dealkylation sites (N-methyl/N-ethyl adjacent to an activating group) is 2. The average molecular weight is 273 g/mol. The van der Waals surface area contributed by atoms with Crippen molar-refractivity contribution in [3.8, 4) is 11.5 Å². The molecule has 5 heteroatoms. The van der Waals surface area contributed by atoms with E-state index >= 15 is 0 Å². The molecular weight excluding hydrogens is 252 g/mol. The van der Waals surface area contributed by atoms with Gasteiger partial charge in [-0.25, -0.2) is 0 Å². The number of nitrogens with zero attached hydrogens (tertiary/aromatic N) is 1. The Balaban J connectivity index is 2.83. The van der Waals surface area contributed by atoms with Gasteiger partial charge in [-0.1, -0.05) is 17.7 Å². The summed E-state index contributed by atoms with van der Waals surface area (Å²) in [6, 6.07) is 3.85. The zero-order valence-electron chi connectivity index (χ0n) is 11.4. The Morgan fingerprint density at radius 3 is 2.56 bits per heavy atom. The van der Waals surface area contributed by atoms with Gasteiger partial charge in [0.2, 0.25) is 0 Å². The van der Waals surface area contributed by atoms with Crippen LogP contribution in [0.3, 0.4) is 0 Å². The first-order valence-corrected chi connectivity index (χ1v) is 6.24. The highest BCUT2D eigenvalue weighted by molar-refractivity contribution is 6.33. The number of ether oxygens (including phenoxy) is 2. The zero-order chi connectivity index (χ0) is 13.5. The smallest absolute Gasteiger partial charge is 0.179 e. The summed E-state index contributed by atoms with van der Waals surface area (Å²) in [6.07, 6.45) is 0. The van der Waals surface area contributed by atoms with Crippen LogP contribution in [-0.4, -0.2) is 46.3 Å². The molecule has 0 aliphatic carbocycles. The minimum absolute atomic E-state index is 0.596. The molecule has 0 aromatic heterocycles. The number of hydrogen-bond acceptors (Lipinski definition) is 4. The van der Waals surface area contributed by atoms with E-state index in [0.717, 1.165) is 25.2 Å². The van der Waals surface area contributed by atoms with Crippen LogP contribution < -0.4 is 14.8 Å². The predicted octanol–water partition coefficient (Wildman–Crippen LogP) is 2.01. The van der Waals surface area contributed by atoms with Gasteiger partial charge in [-0.3, -0.25) is 0 Å². The Hall–Kier alpha value is -0.970. The second kappa shape index (κ2) is 7.46. The summed E-state index contributed by atoms with van der Waals surface area (Å²) >= 11 is 6.32. The molecule has 0 spiro atoms. The summed E-state index contributed by atoms with van der Waals surface area (Å²) < 4.78 is 10.5. The Kier molecular flexibility index (Phi) is 6.25. The molecule has 0 radical (unpaired) electrons. The van der Waals surface area contributed by atoms with Crippen molar-refractivity contribution in [3.05, 3.63) is 22.7 Å². The van der Waals surface area contributed by atoms with Gasteiger partial charge in [0.25, 0.3) is 0 Å². The zero-order valence-corrected chi connectivity index (χ0v) is 12.2. The van der Waals surface area contributed by atoms with Gasteiger partial charge in [0.05, 0.1) is 19.2 Å². The van der Waals surface area contributed by atoms with Crippen LogP contribution in [0.4, 0.5) is 0 Å². The summed E-state index contributed by atoms with van der Waals surface area (Å²) in [7, 11) is 7.20. The van der Waals surface area contributed by atoms with Crippen molar-refractivity contribution in [2.45, 2.75) is 6.54 Å². The third kappa shape index (κ3) is 3.77. The molecule has 0 bridgehead atoms. The molecule has 1 rings (SSSR count). The lowest BCUT2D eigenvalue weighted by atomic mass is 10.2. The summed E-state index contributed by atoms with van der Waals surface area (Å²) in [6.45, 7) is 2.68. The molecule has 0 heterocycles. The molecule has 18 heavy (non-hydrogen) atoms. The molecule has 0 saturated heterocycles. The minimum atomic E-state index is 0.596. The highest BCUT2D eigenvalue weighted by Gasteiger charge is 2.13. The lowest BCUT2D eigenvalue weighted by molar-refractivity contribution is 0.325. The minimum Gasteiger partial charge on any atom is -0.493 e. The van der Waals surface area contributed by atoms with Crippen LogP contribution in [0.1, 0.15) is 5.56 Å². The number of nitrogens with one attached hydrogen (secondary N) is 1. The van der Waals surface area contributed by atoms with E-state index in [4.69, 9.17) is 21.1 Å². The van der Waals surface area contributed by atoms with Crippen LogP contribution in [0.2, 0.25) is 5.02 Å². The van der Waals surface area contributed by atoms with Crippen molar-refractivity contribution in [2.24, 2.45) is 0 Å². The van der Waals surface area contributed by atoms with Crippen molar-refractivity contribution in [1.82, 2.24) is 10.2 Å². The lowest BCUT2D eigenvalue weighted by Crippen LogP contribution is -2.27. The fourth-order valence-electron chi connectivity index (χ4n) is 1.72. The fourth-order valence-corrected chi connectivity index (χ4v) is 2.02. The first kappa shape index (κ1) is 15.1. The van der Waals surface area contributed by atoms with E-state index in [1.54, 1.807) is 14.2 Å². The molecule has 1 N–H and O–H groups in total. The molecule has 0 aliphatic rings. The molecule has 0 saturated carbocycles. The molecule has 0 amide bonds. The SMILES string of the molecule is CNCCN(C)Cc1ccc(OC)c(OC)c1Cl. The summed E-state index contributed by atoms with van der Waals surface area (Å²) in [5.41, 5.74) is 1.04. The third-order valence-electron chi connectivity index (χ3n) is 2.75. The molecule has 102 valence electrons. The maximum absolute atomic E-state index is 6.32. The number of benzene rings is 1. The first-order chi connectivity index (χ1) is 8.63. The second-order valence-corrected chi connectivity index (χ2v) is 4.49. The normalized spacial score (nSPS) is 10.8. The number of halogens is 1. The van der Waals surface area contributed by atoms with Crippen molar-refractivity contribution >= 4 is 11.6 Å².